The van der Waals surface area contributed by atoms with Crippen molar-refractivity contribution < 1.29 is 14.9 Å². The zero-order valence-corrected chi connectivity index (χ0v) is 9.85. The number of aliphatic hydroxyl groups is 2. The second kappa shape index (κ2) is 4.30. The lowest BCUT2D eigenvalue weighted by Crippen LogP contribution is -2.24. The largest absolute Gasteiger partial charge is 0.394 e. The van der Waals surface area contributed by atoms with Gasteiger partial charge in [-0.25, -0.2) is 4.98 Å². The first-order valence-corrected chi connectivity index (χ1v) is 5.77. The molecule has 102 valence electrons. The molecule has 0 radical (unpaired) electrons. The molecule has 0 amide bonds. The van der Waals surface area contributed by atoms with Crippen LogP contribution in [0.25, 0.3) is 11.2 Å². The van der Waals surface area contributed by atoms with Crippen LogP contribution < -0.4 is 11.3 Å². The number of aliphatic hydroxyl groups excluding tert-OH is 2. The van der Waals surface area contributed by atoms with Gasteiger partial charge in [-0.1, -0.05) is 0 Å². The average Bonchev–Trinajstić information content (AvgIpc) is 2.92. The Labute approximate surface area is 106 Å². The molecule has 5 N–H and O–H groups in total. The number of aromatic amines is 1. The Bertz CT molecular complexity index is 665. The Kier molecular flexibility index (Phi) is 2.73. The molecule has 1 fully saturated rings. The van der Waals surface area contributed by atoms with E-state index >= 15 is 0 Å². The molecule has 0 bridgehead atoms. The summed E-state index contributed by atoms with van der Waals surface area (Å²) in [6.07, 6.45) is -0.270. The van der Waals surface area contributed by atoms with Crippen LogP contribution in [-0.2, 0) is 4.74 Å². The zero-order chi connectivity index (χ0) is 13.6. The van der Waals surface area contributed by atoms with E-state index in [2.05, 4.69) is 15.0 Å². The van der Waals surface area contributed by atoms with Crippen molar-refractivity contribution >= 4 is 17.1 Å². The number of nitrogens with one attached hydrogen (secondary N) is 1. The summed E-state index contributed by atoms with van der Waals surface area (Å²) in [6.45, 7) is -0.277. The van der Waals surface area contributed by atoms with Crippen molar-refractivity contribution in [3.8, 4) is 0 Å². The van der Waals surface area contributed by atoms with E-state index in [1.807, 2.05) is 0 Å². The van der Waals surface area contributed by atoms with Crippen LogP contribution in [0.5, 0.6) is 0 Å². The molecule has 0 spiro atoms. The molecule has 9 nitrogen and oxygen atoms in total. The molecule has 3 rings (SSSR count). The second-order valence-electron chi connectivity index (χ2n) is 4.39. The van der Waals surface area contributed by atoms with Gasteiger partial charge < -0.3 is 20.7 Å². The zero-order valence-electron chi connectivity index (χ0n) is 9.85. The highest BCUT2D eigenvalue weighted by Gasteiger charge is 2.35. The van der Waals surface area contributed by atoms with Gasteiger partial charge in [0.2, 0.25) is 5.95 Å². The molecule has 1 saturated heterocycles. The molecule has 3 atom stereocenters. The fourth-order valence-corrected chi connectivity index (χ4v) is 2.20. The van der Waals surface area contributed by atoms with Crippen molar-refractivity contribution in [2.45, 2.75) is 24.9 Å². The molecule has 0 unspecified atom stereocenters. The number of imidazole rings is 1. The van der Waals surface area contributed by atoms with Crippen molar-refractivity contribution in [1.82, 2.24) is 19.5 Å². The van der Waals surface area contributed by atoms with Gasteiger partial charge in [-0.05, 0) is 0 Å². The van der Waals surface area contributed by atoms with Crippen molar-refractivity contribution in [2.75, 3.05) is 12.3 Å². The van der Waals surface area contributed by atoms with Gasteiger partial charge in [0.05, 0.1) is 19.0 Å². The minimum Gasteiger partial charge on any atom is -0.394 e. The molecule has 0 aliphatic carbocycles. The number of nitrogens with two attached hydrogens (primary N) is 1. The Morgan fingerprint density at radius 1 is 1.63 bits per heavy atom. The van der Waals surface area contributed by atoms with Crippen LogP contribution in [0.4, 0.5) is 5.95 Å². The number of nitrogen functional groups attached to an aromatic ring is 1. The third kappa shape index (κ3) is 1.87. The molecule has 1 aliphatic rings. The first kappa shape index (κ1) is 12.1. The molecule has 2 aromatic rings. The molecular formula is C10H13N5O4. The SMILES string of the molecule is [15NH2][13c]1nc2c(ncn2[C@H]2C[C@H](O)[C@@H](CO)O2)c(=O)[15nH]1. The number of hydrogen-bond donors (Lipinski definition) is 4. The van der Waals surface area contributed by atoms with Gasteiger partial charge in [-0.3, -0.25) is 14.3 Å². The lowest BCUT2D eigenvalue weighted by molar-refractivity contribution is -0.0432. The minimum atomic E-state index is -0.771. The predicted octanol–water partition coefficient (Wildman–Crippen LogP) is -1.66. The van der Waals surface area contributed by atoms with E-state index in [0.717, 1.165) is 0 Å². The van der Waals surface area contributed by atoms with Gasteiger partial charge in [0.1, 0.15) is 12.3 Å². The summed E-state index contributed by atoms with van der Waals surface area (Å²) in [5.41, 5.74) is 5.50. The van der Waals surface area contributed by atoms with Crippen LogP contribution in [0.3, 0.4) is 0 Å². The number of aromatic nitrogens is 4. The van der Waals surface area contributed by atoms with Crippen LogP contribution in [-0.4, -0.2) is 48.5 Å². The maximum Gasteiger partial charge on any atom is 0.280 e. The molecular weight excluding hydrogens is 257 g/mol. The Balaban J connectivity index is 2.05. The van der Waals surface area contributed by atoms with E-state index in [1.54, 1.807) is 0 Å². The second-order valence-corrected chi connectivity index (χ2v) is 4.39. The fraction of sp³-hybridized carbons (Fsp3) is 0.500. The van der Waals surface area contributed by atoms with Crippen LogP contribution in [0.1, 0.15) is 12.6 Å². The maximum absolute atomic E-state index is 11.6. The van der Waals surface area contributed by atoms with Gasteiger partial charge >= 0.3 is 0 Å². The molecule has 19 heavy (non-hydrogen) atoms. The highest BCUT2D eigenvalue weighted by molar-refractivity contribution is 5.70. The molecule has 0 saturated carbocycles. The highest BCUT2D eigenvalue weighted by atomic mass is 16.5. The molecule has 9 heteroatoms. The lowest BCUT2D eigenvalue weighted by Gasteiger charge is -2.13. The summed E-state index contributed by atoms with van der Waals surface area (Å²) in [7, 11) is 0. The van der Waals surface area contributed by atoms with Gasteiger partial charge in [-0.15, -0.1) is 0 Å². The van der Waals surface area contributed by atoms with E-state index in [9.17, 15) is 9.90 Å². The number of nitrogens with zero attached hydrogens (tertiary/aromatic N) is 3. The number of hydrogen-bond acceptors (Lipinski definition) is 7. The molecule has 1 aliphatic heterocycles. The van der Waals surface area contributed by atoms with Gasteiger partial charge in [-0.2, -0.15) is 4.98 Å². The van der Waals surface area contributed by atoms with Crippen molar-refractivity contribution in [2.24, 2.45) is 0 Å². The normalized spacial score (nSPS) is 27.2. The monoisotopic (exact) mass is 270 g/mol. The van der Waals surface area contributed by atoms with E-state index < -0.39 is 24.0 Å². The summed E-state index contributed by atoms with van der Waals surface area (Å²) in [4.78, 5) is 22.0. The number of ether oxygens (including phenoxy) is 1. The number of fused-ring (bicyclic) bond motifs is 1. The molecule has 3 heterocycles. The number of H-pyrrole nitrogens is 1. The third-order valence-electron chi connectivity index (χ3n) is 3.15. The molecule has 0 aromatic carbocycles. The van der Waals surface area contributed by atoms with Crippen LogP contribution in [0, 0.1) is 0 Å². The first-order valence-electron chi connectivity index (χ1n) is 5.77. The van der Waals surface area contributed by atoms with Gasteiger partial charge in [0, 0.05) is 6.42 Å². The standard InChI is InChI=1S/C10H13N5O4/c11-10-13-8-7(9(18)14-10)12-3-15(8)6-1-4(17)5(2-16)19-6/h3-6,16-17H,1-2H2,(H3,11,13,14,18)/t4-,5+,6+/m0/s1/i10+1,11+1,14+1. The van der Waals surface area contributed by atoms with Crippen LogP contribution in [0.15, 0.2) is 11.1 Å². The summed E-state index contributed by atoms with van der Waals surface area (Å²) in [5, 5.41) is 18.8. The van der Waals surface area contributed by atoms with Crippen molar-refractivity contribution in [1.29, 1.82) is 0 Å². The summed E-state index contributed by atoms with van der Waals surface area (Å²) >= 11 is 0. The number of rotatable bonds is 2. The van der Waals surface area contributed by atoms with E-state index in [0.29, 0.717) is 0 Å². The first-order chi connectivity index (χ1) is 9.10. The summed E-state index contributed by atoms with van der Waals surface area (Å²) in [6, 6.07) is 0. The Hall–Kier alpha value is -1.97. The summed E-state index contributed by atoms with van der Waals surface area (Å²) < 4.78 is 7.01. The Morgan fingerprint density at radius 3 is 3.11 bits per heavy atom. The van der Waals surface area contributed by atoms with Crippen molar-refractivity contribution in [3.05, 3.63) is 16.7 Å². The third-order valence-corrected chi connectivity index (χ3v) is 3.15. The average molecular weight is 270 g/mol. The lowest BCUT2D eigenvalue weighted by atomic mass is 10.2. The predicted molar refractivity (Wildman–Crippen MR) is 64.2 cm³/mol. The van der Waals surface area contributed by atoms with Gasteiger partial charge in [0.25, 0.3) is 5.56 Å². The Morgan fingerprint density at radius 2 is 2.42 bits per heavy atom. The fourth-order valence-electron chi connectivity index (χ4n) is 2.20. The van der Waals surface area contributed by atoms with E-state index in [-0.39, 0.29) is 30.1 Å². The smallest absolute Gasteiger partial charge is 0.280 e. The topological polar surface area (TPSA) is 139 Å². The number of anilines is 1. The van der Waals surface area contributed by atoms with Gasteiger partial charge in [0.15, 0.2) is 11.2 Å². The van der Waals surface area contributed by atoms with E-state index in [4.69, 9.17) is 15.6 Å². The minimum absolute atomic E-state index is 0.0171. The van der Waals surface area contributed by atoms with E-state index in [1.165, 1.54) is 10.9 Å². The molecule has 2 aromatic heterocycles. The van der Waals surface area contributed by atoms with Crippen LogP contribution in [0.2, 0.25) is 0 Å². The maximum atomic E-state index is 11.6. The van der Waals surface area contributed by atoms with Crippen LogP contribution >= 0.6 is 0 Å². The van der Waals surface area contributed by atoms with Crippen molar-refractivity contribution in [3.63, 3.8) is 0 Å². The quantitative estimate of drug-likeness (QED) is 0.479. The highest BCUT2D eigenvalue weighted by Crippen LogP contribution is 2.30. The summed E-state index contributed by atoms with van der Waals surface area (Å²) in [5.74, 6) is -0.0171.